The van der Waals surface area contributed by atoms with Crippen LogP contribution in [-0.4, -0.2) is 42.2 Å². The van der Waals surface area contributed by atoms with E-state index >= 15 is 0 Å². The third kappa shape index (κ3) is 2.63. The van der Waals surface area contributed by atoms with E-state index in [2.05, 4.69) is 5.32 Å². The molecule has 2 aliphatic heterocycles. The molecule has 0 aliphatic carbocycles. The van der Waals surface area contributed by atoms with E-state index in [0.29, 0.717) is 12.1 Å². The predicted octanol–water partition coefficient (Wildman–Crippen LogP) is 1.93. The Balaban J connectivity index is 1.99. The first-order valence-corrected chi connectivity index (χ1v) is 6.38. The van der Waals surface area contributed by atoms with E-state index in [-0.39, 0.29) is 6.04 Å². The van der Waals surface area contributed by atoms with Crippen LogP contribution in [0.2, 0.25) is 0 Å². The van der Waals surface area contributed by atoms with E-state index in [1.54, 1.807) is 0 Å². The summed E-state index contributed by atoms with van der Waals surface area (Å²) >= 11 is 0. The number of piperidine rings is 1. The van der Waals surface area contributed by atoms with E-state index < -0.39 is 18.0 Å². The SMILES string of the molecule is CC(C(=O)N(C)C1CC2CCC(C1)N2)C(F)(F)F. The largest absolute Gasteiger partial charge is 0.400 e. The zero-order valence-corrected chi connectivity index (χ0v) is 10.6. The number of nitrogens with zero attached hydrogens (tertiary/aromatic N) is 1. The molecule has 0 aromatic carbocycles. The molecule has 0 spiro atoms. The number of rotatable bonds is 2. The fourth-order valence-corrected chi connectivity index (χ4v) is 2.97. The lowest BCUT2D eigenvalue weighted by molar-refractivity contribution is -0.186. The quantitative estimate of drug-likeness (QED) is 0.826. The zero-order valence-electron chi connectivity index (χ0n) is 10.6. The Morgan fingerprint density at radius 3 is 2.22 bits per heavy atom. The molecule has 0 saturated carbocycles. The Kier molecular flexibility index (Phi) is 3.58. The number of carbonyl (C=O) groups excluding carboxylic acids is 1. The van der Waals surface area contributed by atoms with Gasteiger partial charge in [-0.15, -0.1) is 0 Å². The molecular formula is C12H19F3N2O. The Morgan fingerprint density at radius 1 is 1.28 bits per heavy atom. The number of halogens is 3. The van der Waals surface area contributed by atoms with Crippen molar-refractivity contribution in [2.75, 3.05) is 7.05 Å². The summed E-state index contributed by atoms with van der Waals surface area (Å²) in [4.78, 5) is 13.1. The van der Waals surface area contributed by atoms with E-state index in [1.165, 1.54) is 11.9 Å². The second kappa shape index (κ2) is 4.72. The van der Waals surface area contributed by atoms with Gasteiger partial charge in [0.25, 0.3) is 0 Å². The van der Waals surface area contributed by atoms with Gasteiger partial charge in [-0.2, -0.15) is 13.2 Å². The van der Waals surface area contributed by atoms with Crippen molar-refractivity contribution >= 4 is 5.91 Å². The van der Waals surface area contributed by atoms with Crippen molar-refractivity contribution in [1.82, 2.24) is 10.2 Å². The van der Waals surface area contributed by atoms with Crippen molar-refractivity contribution in [2.24, 2.45) is 5.92 Å². The number of nitrogens with one attached hydrogen (secondary N) is 1. The van der Waals surface area contributed by atoms with Gasteiger partial charge in [-0.25, -0.2) is 0 Å². The highest BCUT2D eigenvalue weighted by Crippen LogP contribution is 2.32. The lowest BCUT2D eigenvalue weighted by Crippen LogP contribution is -2.51. The number of carbonyl (C=O) groups is 1. The summed E-state index contributed by atoms with van der Waals surface area (Å²) < 4.78 is 37.6. The smallest absolute Gasteiger partial charge is 0.342 e. The molecule has 18 heavy (non-hydrogen) atoms. The molecule has 2 rings (SSSR count). The Morgan fingerprint density at radius 2 is 1.78 bits per heavy atom. The summed E-state index contributed by atoms with van der Waals surface area (Å²) in [5, 5.41) is 3.41. The molecular weight excluding hydrogens is 245 g/mol. The molecule has 0 radical (unpaired) electrons. The van der Waals surface area contributed by atoms with Gasteiger partial charge in [0.1, 0.15) is 5.92 Å². The minimum Gasteiger partial charge on any atom is -0.342 e. The van der Waals surface area contributed by atoms with Gasteiger partial charge in [0.05, 0.1) is 0 Å². The lowest BCUT2D eigenvalue weighted by Gasteiger charge is -2.36. The topological polar surface area (TPSA) is 32.3 Å². The van der Waals surface area contributed by atoms with Crippen LogP contribution in [0, 0.1) is 5.92 Å². The van der Waals surface area contributed by atoms with Crippen molar-refractivity contribution in [3.05, 3.63) is 0 Å². The molecule has 2 heterocycles. The van der Waals surface area contributed by atoms with E-state index in [0.717, 1.165) is 32.6 Å². The first kappa shape index (κ1) is 13.6. The van der Waals surface area contributed by atoms with Gasteiger partial charge in [0.2, 0.25) is 5.91 Å². The molecule has 2 saturated heterocycles. The minimum atomic E-state index is -4.45. The van der Waals surface area contributed by atoms with Crippen LogP contribution in [0.4, 0.5) is 13.2 Å². The summed E-state index contributed by atoms with van der Waals surface area (Å²) in [6.45, 7) is 0.939. The van der Waals surface area contributed by atoms with Gasteiger partial charge < -0.3 is 10.2 Å². The van der Waals surface area contributed by atoms with Crippen LogP contribution in [-0.2, 0) is 4.79 Å². The maximum absolute atomic E-state index is 12.5. The third-order valence-electron chi connectivity index (χ3n) is 4.20. The highest BCUT2D eigenvalue weighted by molar-refractivity contribution is 5.79. The molecule has 1 amide bonds. The zero-order chi connectivity index (χ0) is 13.5. The molecule has 3 unspecified atom stereocenters. The number of alkyl halides is 3. The van der Waals surface area contributed by atoms with Gasteiger partial charge >= 0.3 is 6.18 Å². The van der Waals surface area contributed by atoms with Crippen LogP contribution < -0.4 is 5.32 Å². The molecule has 104 valence electrons. The summed E-state index contributed by atoms with van der Waals surface area (Å²) in [7, 11) is 1.50. The fourth-order valence-electron chi connectivity index (χ4n) is 2.97. The van der Waals surface area contributed by atoms with E-state index in [4.69, 9.17) is 0 Å². The van der Waals surface area contributed by atoms with Crippen LogP contribution in [0.25, 0.3) is 0 Å². The summed E-state index contributed by atoms with van der Waals surface area (Å²) in [6.07, 6.45) is -0.778. The molecule has 3 atom stereocenters. The Hall–Kier alpha value is -0.780. The number of hydrogen-bond acceptors (Lipinski definition) is 2. The van der Waals surface area contributed by atoms with Crippen LogP contribution in [0.1, 0.15) is 32.6 Å². The second-order valence-electron chi connectivity index (χ2n) is 5.48. The lowest BCUT2D eigenvalue weighted by atomic mass is 9.97. The van der Waals surface area contributed by atoms with Crippen LogP contribution >= 0.6 is 0 Å². The Bertz CT molecular complexity index is 320. The average molecular weight is 264 g/mol. The minimum absolute atomic E-state index is 0.0546. The van der Waals surface area contributed by atoms with Gasteiger partial charge in [0.15, 0.2) is 0 Å². The van der Waals surface area contributed by atoms with Gasteiger partial charge in [-0.3, -0.25) is 4.79 Å². The maximum Gasteiger partial charge on any atom is 0.400 e. The van der Waals surface area contributed by atoms with Gasteiger partial charge in [-0.1, -0.05) is 0 Å². The average Bonchev–Trinajstić information content (AvgIpc) is 2.64. The highest BCUT2D eigenvalue weighted by atomic mass is 19.4. The molecule has 2 aliphatic rings. The summed E-state index contributed by atoms with van der Waals surface area (Å²) in [6, 6.07) is 0.677. The molecule has 2 fully saturated rings. The number of amides is 1. The summed E-state index contributed by atoms with van der Waals surface area (Å²) in [5.74, 6) is -2.72. The van der Waals surface area contributed by atoms with Crippen molar-refractivity contribution in [2.45, 2.75) is 56.9 Å². The molecule has 6 heteroatoms. The monoisotopic (exact) mass is 264 g/mol. The van der Waals surface area contributed by atoms with Gasteiger partial charge in [0, 0.05) is 25.2 Å². The molecule has 2 bridgehead atoms. The van der Waals surface area contributed by atoms with Crippen molar-refractivity contribution < 1.29 is 18.0 Å². The molecule has 0 aromatic rings. The van der Waals surface area contributed by atoms with Crippen LogP contribution in [0.15, 0.2) is 0 Å². The highest BCUT2D eigenvalue weighted by Gasteiger charge is 2.45. The standard InChI is InChI=1S/C12H19F3N2O/c1-7(12(13,14)15)11(18)17(2)10-5-8-3-4-9(6-10)16-8/h7-10,16H,3-6H2,1-2H3. The van der Waals surface area contributed by atoms with Crippen molar-refractivity contribution in [1.29, 1.82) is 0 Å². The number of fused-ring (bicyclic) bond motifs is 2. The molecule has 3 nitrogen and oxygen atoms in total. The first-order chi connectivity index (χ1) is 8.29. The third-order valence-corrected chi connectivity index (χ3v) is 4.20. The van der Waals surface area contributed by atoms with E-state index in [1.807, 2.05) is 0 Å². The maximum atomic E-state index is 12.5. The fraction of sp³-hybridized carbons (Fsp3) is 0.917. The van der Waals surface area contributed by atoms with Gasteiger partial charge in [-0.05, 0) is 32.6 Å². The van der Waals surface area contributed by atoms with E-state index in [9.17, 15) is 18.0 Å². The van der Waals surface area contributed by atoms with Crippen molar-refractivity contribution in [3.8, 4) is 0 Å². The first-order valence-electron chi connectivity index (χ1n) is 6.38. The van der Waals surface area contributed by atoms with Crippen molar-refractivity contribution in [3.63, 3.8) is 0 Å². The Labute approximate surface area is 105 Å². The molecule has 1 N–H and O–H groups in total. The second-order valence-corrected chi connectivity index (χ2v) is 5.48. The molecule has 0 aromatic heterocycles. The van der Waals surface area contributed by atoms with Crippen LogP contribution in [0.3, 0.4) is 0 Å². The summed E-state index contributed by atoms with van der Waals surface area (Å²) in [5.41, 5.74) is 0. The predicted molar refractivity (Wildman–Crippen MR) is 61.0 cm³/mol. The number of hydrogen-bond donors (Lipinski definition) is 1. The normalized spacial score (nSPS) is 33.3. The van der Waals surface area contributed by atoms with Crippen LogP contribution in [0.5, 0.6) is 0 Å².